The Morgan fingerprint density at radius 3 is 1.72 bits per heavy atom. The van der Waals surface area contributed by atoms with Gasteiger partial charge in [-0.25, -0.2) is 0 Å². The van der Waals surface area contributed by atoms with E-state index >= 15 is 0 Å². The third kappa shape index (κ3) is 2.90. The number of nitrogens with zero attached hydrogens (tertiary/aromatic N) is 1. The van der Waals surface area contributed by atoms with E-state index in [4.69, 9.17) is 0 Å². The van der Waals surface area contributed by atoms with Gasteiger partial charge in [0.25, 0.3) is 0 Å². The summed E-state index contributed by atoms with van der Waals surface area (Å²) in [6, 6.07) is 1.77. The van der Waals surface area contributed by atoms with Crippen molar-refractivity contribution in [1.29, 1.82) is 0 Å². The summed E-state index contributed by atoms with van der Waals surface area (Å²) < 4.78 is 0. The molecule has 1 unspecified atom stereocenters. The van der Waals surface area contributed by atoms with Gasteiger partial charge in [0.05, 0.1) is 8.07 Å². The van der Waals surface area contributed by atoms with Crippen molar-refractivity contribution >= 4 is 8.07 Å². The molecule has 2 aliphatic carbocycles. The predicted octanol–water partition coefficient (Wildman–Crippen LogP) is 4.53. The Balaban J connectivity index is 2.14. The van der Waals surface area contributed by atoms with Crippen LogP contribution in [-0.2, 0) is 0 Å². The lowest BCUT2D eigenvalue weighted by molar-refractivity contribution is 0.122. The highest BCUT2D eigenvalue weighted by Gasteiger charge is 2.39. The van der Waals surface area contributed by atoms with Crippen LogP contribution in [0.1, 0.15) is 58.3 Å². The Kier molecular flexibility index (Phi) is 4.71. The molecule has 0 N–H and O–H groups in total. The van der Waals surface area contributed by atoms with E-state index in [0.717, 1.165) is 17.7 Å². The van der Waals surface area contributed by atoms with E-state index in [9.17, 15) is 0 Å². The third-order valence-corrected chi connectivity index (χ3v) is 9.05. The van der Waals surface area contributed by atoms with Crippen molar-refractivity contribution < 1.29 is 0 Å². The Morgan fingerprint density at radius 2 is 1.39 bits per heavy atom. The van der Waals surface area contributed by atoms with Gasteiger partial charge in [-0.15, -0.1) is 12.3 Å². The van der Waals surface area contributed by atoms with Crippen LogP contribution in [0.25, 0.3) is 0 Å². The maximum Gasteiger partial charge on any atom is 0.0890 e. The topological polar surface area (TPSA) is 3.24 Å². The molecule has 0 aromatic carbocycles. The summed E-state index contributed by atoms with van der Waals surface area (Å²) in [6.45, 7) is 11.6. The van der Waals surface area contributed by atoms with E-state index in [0.29, 0.717) is 0 Å². The highest BCUT2D eigenvalue weighted by Crippen LogP contribution is 2.35. The van der Waals surface area contributed by atoms with Crippen molar-refractivity contribution in [1.82, 2.24) is 4.90 Å². The molecule has 0 aromatic heterocycles. The van der Waals surface area contributed by atoms with Crippen LogP contribution in [0.4, 0.5) is 0 Å². The summed E-state index contributed by atoms with van der Waals surface area (Å²) in [7, 11) is -1.29. The molecule has 0 amide bonds. The number of rotatable bonds is 5. The summed E-state index contributed by atoms with van der Waals surface area (Å²) >= 11 is 0. The Morgan fingerprint density at radius 1 is 1.00 bits per heavy atom. The van der Waals surface area contributed by atoms with E-state index in [1.807, 2.05) is 0 Å². The molecule has 2 heteroatoms. The van der Waals surface area contributed by atoms with E-state index in [-0.39, 0.29) is 0 Å². The van der Waals surface area contributed by atoms with Gasteiger partial charge in [0, 0.05) is 17.7 Å². The molecule has 0 heterocycles. The summed E-state index contributed by atoms with van der Waals surface area (Å²) in [5.41, 5.74) is 3.07. The highest BCUT2D eigenvalue weighted by molar-refractivity contribution is 6.83. The van der Waals surface area contributed by atoms with Crippen molar-refractivity contribution in [3.63, 3.8) is 0 Å². The Bertz CT molecular complexity index is 259. The van der Waals surface area contributed by atoms with Crippen LogP contribution >= 0.6 is 0 Å². The SMILES string of the molecule is C=C[Si](C)(C)C(C)N(C1CCCC1)C1CCCC1. The van der Waals surface area contributed by atoms with Crippen molar-refractivity contribution in [3.8, 4) is 0 Å². The maximum atomic E-state index is 4.12. The largest absolute Gasteiger partial charge is 0.297 e. The molecule has 0 aromatic rings. The minimum atomic E-state index is -1.29. The molecule has 2 rings (SSSR count). The Hall–Kier alpha value is -0.0831. The fraction of sp³-hybridized carbons (Fsp3) is 0.875. The van der Waals surface area contributed by atoms with Crippen molar-refractivity contribution in [3.05, 3.63) is 12.3 Å². The first kappa shape index (κ1) is 14.3. The van der Waals surface area contributed by atoms with Crippen LogP contribution in [0.5, 0.6) is 0 Å². The van der Waals surface area contributed by atoms with E-state index in [1.54, 1.807) is 0 Å². The predicted molar refractivity (Wildman–Crippen MR) is 83.5 cm³/mol. The van der Waals surface area contributed by atoms with Crippen LogP contribution in [0, 0.1) is 0 Å². The van der Waals surface area contributed by atoms with Gasteiger partial charge in [0.2, 0.25) is 0 Å². The first-order valence-electron chi connectivity index (χ1n) is 7.97. The van der Waals surface area contributed by atoms with Crippen LogP contribution in [0.15, 0.2) is 12.3 Å². The second-order valence-corrected chi connectivity index (χ2v) is 11.9. The summed E-state index contributed by atoms with van der Waals surface area (Å²) in [5.74, 6) is 0. The van der Waals surface area contributed by atoms with Gasteiger partial charge in [-0.05, 0) is 25.7 Å². The Labute approximate surface area is 115 Å². The van der Waals surface area contributed by atoms with Gasteiger partial charge >= 0.3 is 0 Å². The molecule has 1 atom stereocenters. The van der Waals surface area contributed by atoms with E-state index < -0.39 is 8.07 Å². The van der Waals surface area contributed by atoms with Crippen molar-refractivity contribution in [2.24, 2.45) is 0 Å². The second-order valence-electron chi connectivity index (χ2n) is 7.03. The van der Waals surface area contributed by atoms with Crippen LogP contribution < -0.4 is 0 Å². The van der Waals surface area contributed by atoms with E-state index in [2.05, 4.69) is 37.2 Å². The van der Waals surface area contributed by atoms with E-state index in [1.165, 1.54) is 51.4 Å². The van der Waals surface area contributed by atoms with Crippen molar-refractivity contribution in [2.45, 2.75) is 89.1 Å². The average Bonchev–Trinajstić information content (AvgIpc) is 3.02. The van der Waals surface area contributed by atoms with Crippen molar-refractivity contribution in [2.75, 3.05) is 0 Å². The molecule has 2 fully saturated rings. The fourth-order valence-electron chi connectivity index (χ4n) is 3.89. The highest BCUT2D eigenvalue weighted by atomic mass is 28.3. The molecule has 1 nitrogen and oxygen atoms in total. The quantitative estimate of drug-likeness (QED) is 0.660. The lowest BCUT2D eigenvalue weighted by Crippen LogP contribution is -2.56. The summed E-state index contributed by atoms with van der Waals surface area (Å²) in [6.07, 6.45) is 11.6. The first-order chi connectivity index (χ1) is 8.56. The van der Waals surface area contributed by atoms with Crippen LogP contribution in [-0.4, -0.2) is 30.7 Å². The standard InChI is InChI=1S/C16H31NSi/c1-5-18(3,4)14(2)17(15-10-6-7-11-15)16-12-8-9-13-16/h5,14-16H,1,6-13H2,2-4H3. The molecule has 0 bridgehead atoms. The second kappa shape index (κ2) is 5.92. The molecule has 2 saturated carbocycles. The minimum Gasteiger partial charge on any atom is -0.297 e. The molecule has 0 spiro atoms. The molecular formula is C16H31NSi. The summed E-state index contributed by atoms with van der Waals surface area (Å²) in [5, 5.41) is 0. The van der Waals surface area contributed by atoms with Gasteiger partial charge in [0.1, 0.15) is 0 Å². The maximum absolute atomic E-state index is 4.12. The molecule has 0 aliphatic heterocycles. The van der Waals surface area contributed by atoms with Gasteiger partial charge in [-0.3, -0.25) is 4.90 Å². The van der Waals surface area contributed by atoms with Gasteiger partial charge in [0.15, 0.2) is 0 Å². The molecule has 0 saturated heterocycles. The zero-order valence-electron chi connectivity index (χ0n) is 12.6. The van der Waals surface area contributed by atoms with Gasteiger partial charge in [-0.1, -0.05) is 45.7 Å². The zero-order valence-corrected chi connectivity index (χ0v) is 13.6. The molecule has 104 valence electrons. The monoisotopic (exact) mass is 265 g/mol. The number of hydrogen-bond acceptors (Lipinski definition) is 1. The first-order valence-corrected chi connectivity index (χ1v) is 11.1. The van der Waals surface area contributed by atoms with Crippen LogP contribution in [0.2, 0.25) is 13.1 Å². The van der Waals surface area contributed by atoms with Crippen LogP contribution in [0.3, 0.4) is 0 Å². The lowest BCUT2D eigenvalue weighted by Gasteiger charge is -2.44. The number of hydrogen-bond donors (Lipinski definition) is 0. The lowest BCUT2D eigenvalue weighted by atomic mass is 10.1. The smallest absolute Gasteiger partial charge is 0.0890 e. The van der Waals surface area contributed by atoms with Gasteiger partial charge in [-0.2, -0.15) is 0 Å². The minimum absolute atomic E-state index is 0.765. The molecule has 2 aliphatic rings. The normalized spacial score (nSPS) is 24.9. The molecular weight excluding hydrogens is 234 g/mol. The molecule has 18 heavy (non-hydrogen) atoms. The zero-order chi connectivity index (χ0) is 13.2. The molecule has 0 radical (unpaired) electrons. The van der Waals surface area contributed by atoms with Gasteiger partial charge < -0.3 is 0 Å². The fourth-order valence-corrected chi connectivity index (χ4v) is 5.42. The third-order valence-electron chi connectivity index (χ3n) is 5.54. The average molecular weight is 266 g/mol. The summed E-state index contributed by atoms with van der Waals surface area (Å²) in [4.78, 5) is 2.95.